The molecule has 48 heavy (non-hydrogen) atoms. The standard InChI is InChI=1S/C34H32F3N9O2/c1-19-9-10-21(29-26(30(38)47)12-23(34(35,36)37)13-28(29)45-16-20(2)40-18-45)11-27(19)46-17-22-15-39-32(42-31(22)44(5)33(46)48)41-24-7-6-8-25(14-24)43(3)4/h6-16,18H,17H2,1-5H3,(H2,38,47)(H,39,41,42). The van der Waals surface area contributed by atoms with E-state index in [9.17, 15) is 22.8 Å². The van der Waals surface area contributed by atoms with Crippen LogP contribution in [0.25, 0.3) is 16.8 Å². The molecule has 6 rings (SSSR count). The third-order valence-corrected chi connectivity index (χ3v) is 8.11. The Kier molecular flexibility index (Phi) is 8.03. The molecule has 3 N–H and O–H groups in total. The number of anilines is 5. The maximum atomic E-state index is 14.0. The average molecular weight is 656 g/mol. The molecule has 246 valence electrons. The highest BCUT2D eigenvalue weighted by molar-refractivity contribution is 6.07. The van der Waals surface area contributed by atoms with Gasteiger partial charge in [-0.3, -0.25) is 14.6 Å². The van der Waals surface area contributed by atoms with Crippen molar-refractivity contribution in [2.24, 2.45) is 5.73 Å². The fraction of sp³-hybridized carbons (Fsp3) is 0.206. The minimum absolute atomic E-state index is 0.0611. The highest BCUT2D eigenvalue weighted by atomic mass is 19.4. The summed E-state index contributed by atoms with van der Waals surface area (Å²) in [5, 5.41) is 3.20. The Labute approximate surface area is 274 Å². The predicted octanol–water partition coefficient (Wildman–Crippen LogP) is 6.45. The molecule has 0 aliphatic carbocycles. The normalized spacial score (nSPS) is 13.0. The van der Waals surface area contributed by atoms with Gasteiger partial charge in [0.05, 0.1) is 29.8 Å². The number of alkyl halides is 3. The number of urea groups is 1. The van der Waals surface area contributed by atoms with Crippen LogP contribution in [-0.2, 0) is 12.7 Å². The number of benzene rings is 3. The minimum Gasteiger partial charge on any atom is -0.378 e. The van der Waals surface area contributed by atoms with E-state index >= 15 is 0 Å². The molecule has 5 aromatic rings. The van der Waals surface area contributed by atoms with Gasteiger partial charge in [-0.05, 0) is 61.4 Å². The molecule has 3 aromatic carbocycles. The third kappa shape index (κ3) is 5.99. The second kappa shape index (κ2) is 12.0. The number of nitrogens with zero attached hydrogens (tertiary/aromatic N) is 7. The summed E-state index contributed by atoms with van der Waals surface area (Å²) in [6.45, 7) is 3.64. The summed E-state index contributed by atoms with van der Waals surface area (Å²) in [6, 6.07) is 14.1. The smallest absolute Gasteiger partial charge is 0.378 e. The van der Waals surface area contributed by atoms with E-state index < -0.39 is 17.6 Å². The van der Waals surface area contributed by atoms with E-state index in [1.807, 2.05) is 50.2 Å². The molecule has 0 bridgehead atoms. The molecule has 0 unspecified atom stereocenters. The molecule has 11 nitrogen and oxygen atoms in total. The van der Waals surface area contributed by atoms with Crippen LogP contribution < -0.4 is 25.8 Å². The lowest BCUT2D eigenvalue weighted by atomic mass is 9.93. The summed E-state index contributed by atoms with van der Waals surface area (Å²) in [5.74, 6) is -0.281. The van der Waals surface area contributed by atoms with Gasteiger partial charge >= 0.3 is 12.2 Å². The van der Waals surface area contributed by atoms with Gasteiger partial charge in [0.1, 0.15) is 5.82 Å². The van der Waals surface area contributed by atoms with E-state index in [-0.39, 0.29) is 29.4 Å². The lowest BCUT2D eigenvalue weighted by Crippen LogP contribution is -2.46. The van der Waals surface area contributed by atoms with Gasteiger partial charge in [0, 0.05) is 67.3 Å². The Morgan fingerprint density at radius 2 is 1.79 bits per heavy atom. The van der Waals surface area contributed by atoms with Crippen molar-refractivity contribution in [3.05, 3.63) is 101 Å². The maximum absolute atomic E-state index is 14.0. The Hall–Kier alpha value is -5.92. The summed E-state index contributed by atoms with van der Waals surface area (Å²) >= 11 is 0. The van der Waals surface area contributed by atoms with Gasteiger partial charge in [0.15, 0.2) is 0 Å². The number of carbonyl (C=O) groups excluding carboxylic acids is 2. The van der Waals surface area contributed by atoms with Gasteiger partial charge in [-0.2, -0.15) is 18.2 Å². The molecule has 2 aromatic heterocycles. The van der Waals surface area contributed by atoms with Crippen LogP contribution in [0, 0.1) is 13.8 Å². The number of fused-ring (bicyclic) bond motifs is 1. The number of hydrogen-bond acceptors (Lipinski definition) is 7. The number of primary amides is 1. The first kappa shape index (κ1) is 32.0. The first-order valence-electron chi connectivity index (χ1n) is 14.8. The molecule has 0 radical (unpaired) electrons. The van der Waals surface area contributed by atoms with Crippen molar-refractivity contribution in [2.75, 3.05) is 41.2 Å². The molecule has 14 heteroatoms. The Morgan fingerprint density at radius 1 is 1.02 bits per heavy atom. The molecule has 0 saturated carbocycles. The molecular weight excluding hydrogens is 623 g/mol. The Balaban J connectivity index is 1.41. The number of imidazole rings is 1. The van der Waals surface area contributed by atoms with E-state index in [1.165, 1.54) is 20.7 Å². The van der Waals surface area contributed by atoms with Crippen LogP contribution in [-0.4, -0.2) is 52.6 Å². The predicted molar refractivity (Wildman–Crippen MR) is 178 cm³/mol. The number of nitrogens with two attached hydrogens (primary N) is 1. The van der Waals surface area contributed by atoms with Crippen LogP contribution >= 0.6 is 0 Å². The zero-order valence-corrected chi connectivity index (χ0v) is 26.8. The van der Waals surface area contributed by atoms with Crippen LogP contribution in [0.5, 0.6) is 0 Å². The van der Waals surface area contributed by atoms with Crippen molar-refractivity contribution in [3.63, 3.8) is 0 Å². The van der Waals surface area contributed by atoms with Crippen LogP contribution in [0.15, 0.2) is 73.3 Å². The second-order valence-corrected chi connectivity index (χ2v) is 11.7. The molecular formula is C34H32F3N9O2. The molecule has 0 atom stereocenters. The topological polar surface area (TPSA) is 126 Å². The van der Waals surface area contributed by atoms with Crippen molar-refractivity contribution in [1.29, 1.82) is 0 Å². The van der Waals surface area contributed by atoms with Gasteiger partial charge in [0.2, 0.25) is 11.9 Å². The number of aryl methyl sites for hydroxylation is 2. The van der Waals surface area contributed by atoms with E-state index in [0.29, 0.717) is 34.3 Å². The van der Waals surface area contributed by atoms with Crippen molar-refractivity contribution in [2.45, 2.75) is 26.6 Å². The van der Waals surface area contributed by atoms with Crippen LogP contribution in [0.1, 0.15) is 32.7 Å². The first-order valence-corrected chi connectivity index (χ1v) is 14.8. The largest absolute Gasteiger partial charge is 0.416 e. The number of halogens is 3. The SMILES string of the molecule is Cc1cn(-c2cc(C(F)(F)F)cc(C(N)=O)c2-c2ccc(C)c(N3Cc4cnc(Nc5cccc(N(C)C)c5)nc4N(C)C3=O)c2)cn1. The van der Waals surface area contributed by atoms with Crippen molar-refractivity contribution in [3.8, 4) is 16.8 Å². The highest BCUT2D eigenvalue weighted by Gasteiger charge is 2.35. The number of aromatic nitrogens is 4. The summed E-state index contributed by atoms with van der Waals surface area (Å²) in [6.07, 6.45) is -0.162. The summed E-state index contributed by atoms with van der Waals surface area (Å²) in [4.78, 5) is 44.7. The summed E-state index contributed by atoms with van der Waals surface area (Å²) in [5.41, 5.74) is 9.16. The lowest BCUT2D eigenvalue weighted by molar-refractivity contribution is -0.137. The molecule has 1 aliphatic heterocycles. The average Bonchev–Trinajstić information content (AvgIpc) is 3.48. The number of nitrogens with one attached hydrogen (secondary N) is 1. The van der Waals surface area contributed by atoms with Gasteiger partial charge in [-0.25, -0.2) is 14.8 Å². The zero-order valence-electron chi connectivity index (χ0n) is 26.8. The van der Waals surface area contributed by atoms with Crippen molar-refractivity contribution >= 4 is 40.8 Å². The molecule has 3 heterocycles. The summed E-state index contributed by atoms with van der Waals surface area (Å²) in [7, 11) is 5.49. The first-order chi connectivity index (χ1) is 22.7. The van der Waals surface area contributed by atoms with Crippen LogP contribution in [0.3, 0.4) is 0 Å². The lowest BCUT2D eigenvalue weighted by Gasteiger charge is -2.35. The van der Waals surface area contributed by atoms with Gasteiger partial charge in [-0.1, -0.05) is 18.2 Å². The molecule has 3 amide bonds. The zero-order chi connectivity index (χ0) is 34.5. The molecule has 0 spiro atoms. The van der Waals surface area contributed by atoms with E-state index in [2.05, 4.69) is 20.3 Å². The quantitative estimate of drug-likeness (QED) is 0.207. The van der Waals surface area contributed by atoms with Crippen LogP contribution in [0.2, 0.25) is 0 Å². The maximum Gasteiger partial charge on any atom is 0.416 e. The van der Waals surface area contributed by atoms with Crippen molar-refractivity contribution in [1.82, 2.24) is 19.5 Å². The fourth-order valence-electron chi connectivity index (χ4n) is 5.65. The van der Waals surface area contributed by atoms with E-state index in [0.717, 1.165) is 29.1 Å². The highest BCUT2D eigenvalue weighted by Crippen LogP contribution is 2.40. The monoisotopic (exact) mass is 655 g/mol. The van der Waals surface area contributed by atoms with Crippen LogP contribution in [0.4, 0.5) is 46.8 Å². The van der Waals surface area contributed by atoms with E-state index in [1.54, 1.807) is 44.6 Å². The molecule has 1 aliphatic rings. The number of rotatable bonds is 7. The minimum atomic E-state index is -4.74. The van der Waals surface area contributed by atoms with Gasteiger partial charge in [0.25, 0.3) is 0 Å². The third-order valence-electron chi connectivity index (χ3n) is 8.11. The van der Waals surface area contributed by atoms with E-state index in [4.69, 9.17) is 5.73 Å². The summed E-state index contributed by atoms with van der Waals surface area (Å²) < 4.78 is 43.3. The Morgan fingerprint density at radius 3 is 2.46 bits per heavy atom. The number of hydrogen-bond donors (Lipinski definition) is 2. The molecule has 0 fully saturated rings. The molecule has 0 saturated heterocycles. The fourth-order valence-corrected chi connectivity index (χ4v) is 5.65. The number of carbonyl (C=O) groups is 2. The van der Waals surface area contributed by atoms with Gasteiger partial charge < -0.3 is 20.5 Å². The second-order valence-electron chi connectivity index (χ2n) is 11.7. The van der Waals surface area contributed by atoms with Crippen molar-refractivity contribution < 1.29 is 22.8 Å². The van der Waals surface area contributed by atoms with Gasteiger partial charge in [-0.15, -0.1) is 0 Å². The number of amides is 3. The Bertz CT molecular complexity index is 2070.